The maximum Gasteiger partial charge on any atom is 0.254 e. The Labute approximate surface area is 129 Å². The molecule has 3 nitrogen and oxygen atoms in total. The van der Waals surface area contributed by atoms with Crippen LogP contribution < -0.4 is 5.32 Å². The van der Waals surface area contributed by atoms with Crippen molar-refractivity contribution in [1.29, 1.82) is 0 Å². The third-order valence-electron chi connectivity index (χ3n) is 3.67. The molecule has 1 aromatic heterocycles. The van der Waals surface area contributed by atoms with E-state index in [-0.39, 0.29) is 5.91 Å². The number of carbonyl (C=O) groups is 1. The van der Waals surface area contributed by atoms with Crippen molar-refractivity contribution in [3.63, 3.8) is 0 Å². The Balaban J connectivity index is 1.74. The molecule has 0 radical (unpaired) electrons. The summed E-state index contributed by atoms with van der Waals surface area (Å²) in [5.41, 5.74) is 1.84. The number of hydrogen-bond acceptors (Lipinski definition) is 3. The number of carbonyl (C=O) groups excluding carboxylic acids is 1. The molecule has 1 aliphatic rings. The van der Waals surface area contributed by atoms with Gasteiger partial charge < -0.3 is 10.2 Å². The first-order valence-electron chi connectivity index (χ1n) is 7.45. The van der Waals surface area contributed by atoms with Gasteiger partial charge in [0.15, 0.2) is 0 Å². The van der Waals surface area contributed by atoms with Gasteiger partial charge >= 0.3 is 0 Å². The van der Waals surface area contributed by atoms with Crippen molar-refractivity contribution in [1.82, 2.24) is 4.90 Å². The summed E-state index contributed by atoms with van der Waals surface area (Å²) in [7, 11) is 0. The molecule has 1 fully saturated rings. The summed E-state index contributed by atoms with van der Waals surface area (Å²) < 4.78 is 0. The molecule has 0 bridgehead atoms. The van der Waals surface area contributed by atoms with Crippen molar-refractivity contribution in [3.8, 4) is 0 Å². The van der Waals surface area contributed by atoms with Gasteiger partial charge in [0.1, 0.15) is 0 Å². The molecule has 3 rings (SSSR count). The van der Waals surface area contributed by atoms with Gasteiger partial charge in [-0.1, -0.05) is 6.07 Å². The van der Waals surface area contributed by atoms with Crippen LogP contribution in [0.2, 0.25) is 0 Å². The van der Waals surface area contributed by atoms with Gasteiger partial charge in [-0.15, -0.1) is 11.3 Å². The van der Waals surface area contributed by atoms with Crippen LogP contribution in [0, 0.1) is 0 Å². The molecule has 1 aromatic carbocycles. The standard InChI is InChI=1S/C17H20N2OS/c1-2-18-14-7-5-13(6-8-14)17(20)19(15-9-10-15)12-16-4-3-11-21-16/h3-8,11,15,18H,2,9-10,12H2,1H3. The van der Waals surface area contributed by atoms with E-state index in [1.807, 2.05) is 35.2 Å². The number of rotatable bonds is 6. The molecule has 2 aromatic rings. The molecule has 110 valence electrons. The van der Waals surface area contributed by atoms with Crippen molar-refractivity contribution in [3.05, 3.63) is 52.2 Å². The van der Waals surface area contributed by atoms with E-state index in [0.29, 0.717) is 6.04 Å². The minimum atomic E-state index is 0.147. The lowest BCUT2D eigenvalue weighted by Crippen LogP contribution is -2.32. The summed E-state index contributed by atoms with van der Waals surface area (Å²) in [5, 5.41) is 5.32. The van der Waals surface area contributed by atoms with Gasteiger partial charge in [0, 0.05) is 28.7 Å². The van der Waals surface area contributed by atoms with Crippen molar-refractivity contribution >= 4 is 22.9 Å². The topological polar surface area (TPSA) is 32.3 Å². The van der Waals surface area contributed by atoms with Crippen LogP contribution in [0.5, 0.6) is 0 Å². The van der Waals surface area contributed by atoms with E-state index >= 15 is 0 Å². The summed E-state index contributed by atoms with van der Waals surface area (Å²) in [4.78, 5) is 16.0. The Morgan fingerprint density at radius 1 is 1.29 bits per heavy atom. The lowest BCUT2D eigenvalue weighted by atomic mass is 10.1. The average molecular weight is 300 g/mol. The van der Waals surface area contributed by atoms with E-state index in [9.17, 15) is 4.79 Å². The first kappa shape index (κ1) is 14.1. The normalized spacial score (nSPS) is 14.0. The van der Waals surface area contributed by atoms with Gasteiger partial charge in [0.25, 0.3) is 5.91 Å². The molecule has 1 aliphatic carbocycles. The minimum absolute atomic E-state index is 0.147. The molecule has 4 heteroatoms. The third-order valence-corrected chi connectivity index (χ3v) is 4.53. The van der Waals surface area contributed by atoms with Crippen LogP contribution >= 0.6 is 11.3 Å². The van der Waals surface area contributed by atoms with Crippen molar-refractivity contribution in [2.45, 2.75) is 32.4 Å². The second-order valence-electron chi connectivity index (χ2n) is 5.35. The lowest BCUT2D eigenvalue weighted by molar-refractivity contribution is 0.0731. The maximum atomic E-state index is 12.7. The van der Waals surface area contributed by atoms with Gasteiger partial charge in [-0.3, -0.25) is 4.79 Å². The summed E-state index contributed by atoms with van der Waals surface area (Å²) in [6.45, 7) is 3.69. The predicted molar refractivity (Wildman–Crippen MR) is 87.8 cm³/mol. The Hall–Kier alpha value is -1.81. The summed E-state index contributed by atoms with van der Waals surface area (Å²) in [5.74, 6) is 0.147. The molecule has 0 saturated heterocycles. The Kier molecular flexibility index (Phi) is 4.25. The van der Waals surface area contributed by atoms with Crippen molar-refractivity contribution < 1.29 is 4.79 Å². The van der Waals surface area contributed by atoms with Gasteiger partial charge in [-0.2, -0.15) is 0 Å². The molecular formula is C17H20N2OS. The summed E-state index contributed by atoms with van der Waals surface area (Å²) in [6, 6.07) is 12.4. The van der Waals surface area contributed by atoms with Crippen LogP contribution in [0.1, 0.15) is 35.0 Å². The highest BCUT2D eigenvalue weighted by Gasteiger charge is 2.33. The number of amides is 1. The minimum Gasteiger partial charge on any atom is -0.385 e. The van der Waals surface area contributed by atoms with Gasteiger partial charge in [0.05, 0.1) is 6.54 Å². The van der Waals surface area contributed by atoms with Crippen LogP contribution in [-0.4, -0.2) is 23.4 Å². The second kappa shape index (κ2) is 6.31. The van der Waals surface area contributed by atoms with Crippen LogP contribution in [0.15, 0.2) is 41.8 Å². The number of benzene rings is 1. The first-order valence-corrected chi connectivity index (χ1v) is 8.33. The largest absolute Gasteiger partial charge is 0.385 e. The Bertz CT molecular complexity index is 588. The monoisotopic (exact) mass is 300 g/mol. The van der Waals surface area contributed by atoms with Crippen molar-refractivity contribution in [2.24, 2.45) is 0 Å². The fraction of sp³-hybridized carbons (Fsp3) is 0.353. The highest BCUT2D eigenvalue weighted by molar-refractivity contribution is 7.09. The SMILES string of the molecule is CCNc1ccc(C(=O)N(Cc2cccs2)C2CC2)cc1. The van der Waals surface area contributed by atoms with Gasteiger partial charge in [-0.05, 0) is 55.5 Å². The zero-order valence-corrected chi connectivity index (χ0v) is 13.0. The average Bonchev–Trinajstić information content (AvgIpc) is 3.22. The van der Waals surface area contributed by atoms with Crippen LogP contribution in [-0.2, 0) is 6.54 Å². The summed E-state index contributed by atoms with van der Waals surface area (Å²) in [6.07, 6.45) is 2.26. The van der Waals surface area contributed by atoms with E-state index < -0.39 is 0 Å². The number of nitrogens with zero attached hydrogens (tertiary/aromatic N) is 1. The Morgan fingerprint density at radius 3 is 2.62 bits per heavy atom. The zero-order valence-electron chi connectivity index (χ0n) is 12.2. The molecule has 1 saturated carbocycles. The fourth-order valence-corrected chi connectivity index (χ4v) is 3.13. The molecule has 1 N–H and O–H groups in total. The molecule has 0 atom stereocenters. The van der Waals surface area contributed by atoms with E-state index in [4.69, 9.17) is 0 Å². The van der Waals surface area contributed by atoms with Crippen LogP contribution in [0.4, 0.5) is 5.69 Å². The first-order chi connectivity index (χ1) is 10.3. The molecule has 1 amide bonds. The second-order valence-corrected chi connectivity index (χ2v) is 6.38. The van der Waals surface area contributed by atoms with Gasteiger partial charge in [0.2, 0.25) is 0 Å². The molecule has 0 unspecified atom stereocenters. The smallest absolute Gasteiger partial charge is 0.254 e. The quantitative estimate of drug-likeness (QED) is 0.875. The maximum absolute atomic E-state index is 12.7. The molecule has 21 heavy (non-hydrogen) atoms. The number of thiophene rings is 1. The molecule has 0 spiro atoms. The van der Waals surface area contributed by atoms with E-state index in [0.717, 1.165) is 37.2 Å². The van der Waals surface area contributed by atoms with E-state index in [2.05, 4.69) is 23.7 Å². The van der Waals surface area contributed by atoms with E-state index in [1.54, 1.807) is 11.3 Å². The summed E-state index contributed by atoms with van der Waals surface area (Å²) >= 11 is 1.71. The van der Waals surface area contributed by atoms with Crippen molar-refractivity contribution in [2.75, 3.05) is 11.9 Å². The predicted octanol–water partition coefficient (Wildman–Crippen LogP) is 3.98. The molecular weight excluding hydrogens is 280 g/mol. The number of hydrogen-bond donors (Lipinski definition) is 1. The highest BCUT2D eigenvalue weighted by Crippen LogP contribution is 2.30. The molecule has 1 heterocycles. The molecule has 0 aliphatic heterocycles. The van der Waals surface area contributed by atoms with Crippen LogP contribution in [0.3, 0.4) is 0 Å². The van der Waals surface area contributed by atoms with Gasteiger partial charge in [-0.25, -0.2) is 0 Å². The van der Waals surface area contributed by atoms with Crippen LogP contribution in [0.25, 0.3) is 0 Å². The third kappa shape index (κ3) is 3.45. The zero-order chi connectivity index (χ0) is 14.7. The number of nitrogens with one attached hydrogen (secondary N) is 1. The lowest BCUT2D eigenvalue weighted by Gasteiger charge is -2.22. The number of anilines is 1. The fourth-order valence-electron chi connectivity index (χ4n) is 2.42. The highest BCUT2D eigenvalue weighted by atomic mass is 32.1. The Morgan fingerprint density at radius 2 is 2.05 bits per heavy atom. The van der Waals surface area contributed by atoms with E-state index in [1.165, 1.54) is 4.88 Å².